The zero-order valence-electron chi connectivity index (χ0n) is 15.8. The van der Waals surface area contributed by atoms with Gasteiger partial charge in [-0.1, -0.05) is 48.5 Å². The first-order chi connectivity index (χ1) is 14.2. The summed E-state index contributed by atoms with van der Waals surface area (Å²) < 4.78 is 13.5. The van der Waals surface area contributed by atoms with E-state index in [2.05, 4.69) is 15.3 Å². The van der Waals surface area contributed by atoms with Crippen molar-refractivity contribution < 1.29 is 9.18 Å². The Morgan fingerprint density at radius 2 is 1.79 bits per heavy atom. The number of carbonyl (C=O) groups excluding carboxylic acids is 1. The molecule has 1 heterocycles. The molecule has 0 aliphatic rings. The zero-order valence-corrected chi connectivity index (χ0v) is 15.8. The molecule has 3 aromatic carbocycles. The number of aromatic amines is 1. The topological polar surface area (TPSA) is 61.0 Å². The van der Waals surface area contributed by atoms with Gasteiger partial charge >= 0.3 is 6.03 Å². The summed E-state index contributed by atoms with van der Waals surface area (Å²) in [6.45, 7) is 0.915. The highest BCUT2D eigenvalue weighted by atomic mass is 19.1. The molecule has 6 heteroatoms. The molecule has 0 aliphatic carbocycles. The van der Waals surface area contributed by atoms with E-state index in [0.29, 0.717) is 25.2 Å². The Morgan fingerprint density at radius 3 is 2.59 bits per heavy atom. The van der Waals surface area contributed by atoms with Crippen LogP contribution in [0.25, 0.3) is 11.0 Å². The molecule has 0 saturated heterocycles. The number of carbonyl (C=O) groups is 1. The maximum atomic E-state index is 13.5. The van der Waals surface area contributed by atoms with Crippen molar-refractivity contribution in [3.8, 4) is 0 Å². The monoisotopic (exact) mass is 388 g/mol. The summed E-state index contributed by atoms with van der Waals surface area (Å²) in [5.74, 6) is 0.433. The van der Waals surface area contributed by atoms with Gasteiger partial charge in [-0.05, 0) is 35.9 Å². The van der Waals surface area contributed by atoms with Gasteiger partial charge in [0.1, 0.15) is 11.6 Å². The van der Waals surface area contributed by atoms with E-state index in [1.54, 1.807) is 17.0 Å². The highest BCUT2D eigenvalue weighted by molar-refractivity contribution is 5.89. The average Bonchev–Trinajstić information content (AvgIpc) is 3.15. The fourth-order valence-corrected chi connectivity index (χ4v) is 3.19. The summed E-state index contributed by atoms with van der Waals surface area (Å²) in [4.78, 5) is 22.5. The maximum absolute atomic E-state index is 13.5. The number of nitrogens with one attached hydrogen (secondary N) is 2. The molecule has 0 unspecified atom stereocenters. The highest BCUT2D eigenvalue weighted by Crippen LogP contribution is 2.14. The molecule has 146 valence electrons. The summed E-state index contributed by atoms with van der Waals surface area (Å²) in [5.41, 5.74) is 3.32. The molecular formula is C23H21FN4O. The van der Waals surface area contributed by atoms with Gasteiger partial charge in [0.05, 0.1) is 11.0 Å². The lowest BCUT2D eigenvalue weighted by Crippen LogP contribution is -2.36. The maximum Gasteiger partial charge on any atom is 0.322 e. The Hall–Kier alpha value is -3.67. The molecule has 1 aromatic heterocycles. The smallest absolute Gasteiger partial charge is 0.322 e. The number of urea groups is 1. The lowest BCUT2D eigenvalue weighted by molar-refractivity contribution is 0.209. The van der Waals surface area contributed by atoms with Gasteiger partial charge in [0.2, 0.25) is 0 Å². The van der Waals surface area contributed by atoms with E-state index >= 15 is 0 Å². The summed E-state index contributed by atoms with van der Waals surface area (Å²) in [7, 11) is 0. The lowest BCUT2D eigenvalue weighted by Gasteiger charge is -2.23. The largest absolute Gasteiger partial charge is 0.342 e. The molecule has 0 spiro atoms. The Kier molecular flexibility index (Phi) is 5.52. The van der Waals surface area contributed by atoms with Gasteiger partial charge in [0.15, 0.2) is 0 Å². The third-order valence-corrected chi connectivity index (χ3v) is 4.64. The van der Waals surface area contributed by atoms with Gasteiger partial charge in [-0.25, -0.2) is 14.2 Å². The van der Waals surface area contributed by atoms with E-state index < -0.39 is 0 Å². The number of benzene rings is 3. The number of nitrogens with zero attached hydrogens (tertiary/aromatic N) is 2. The standard InChI is InChI=1S/C23H21FN4O/c24-18-9-6-10-19(15-18)25-23(29)28(16-17-7-2-1-3-8-17)14-13-22-26-20-11-4-5-12-21(20)27-22/h1-12,15H,13-14,16H2,(H,25,29)(H,26,27). The van der Waals surface area contributed by atoms with Crippen LogP contribution in [0.15, 0.2) is 78.9 Å². The number of rotatable bonds is 6. The van der Waals surface area contributed by atoms with Crippen molar-refractivity contribution in [2.75, 3.05) is 11.9 Å². The van der Waals surface area contributed by atoms with Crippen LogP contribution in [0.1, 0.15) is 11.4 Å². The summed E-state index contributed by atoms with van der Waals surface area (Å²) in [6.07, 6.45) is 0.581. The van der Waals surface area contributed by atoms with Crippen molar-refractivity contribution in [2.24, 2.45) is 0 Å². The van der Waals surface area contributed by atoms with Gasteiger partial charge in [-0.2, -0.15) is 0 Å². The van der Waals surface area contributed by atoms with Crippen LogP contribution >= 0.6 is 0 Å². The molecule has 2 N–H and O–H groups in total. The Labute approximate surface area is 168 Å². The second kappa shape index (κ2) is 8.56. The van der Waals surface area contributed by atoms with Gasteiger partial charge in [0, 0.05) is 25.2 Å². The van der Waals surface area contributed by atoms with Gasteiger partial charge in [0.25, 0.3) is 0 Å². The molecule has 2 amide bonds. The van der Waals surface area contributed by atoms with Gasteiger partial charge in [-0.15, -0.1) is 0 Å². The Bertz CT molecular complexity index is 1080. The lowest BCUT2D eigenvalue weighted by atomic mass is 10.2. The van der Waals surface area contributed by atoms with Gasteiger partial charge in [-0.3, -0.25) is 0 Å². The van der Waals surface area contributed by atoms with Crippen LogP contribution < -0.4 is 5.32 Å². The second-order valence-electron chi connectivity index (χ2n) is 6.80. The Balaban J connectivity index is 1.50. The predicted octanol–water partition coefficient (Wildman–Crippen LogP) is 4.98. The number of halogens is 1. The number of para-hydroxylation sites is 2. The first-order valence-corrected chi connectivity index (χ1v) is 9.46. The molecule has 5 nitrogen and oxygen atoms in total. The predicted molar refractivity (Wildman–Crippen MR) is 112 cm³/mol. The van der Waals surface area contributed by atoms with Gasteiger partial charge < -0.3 is 15.2 Å². The van der Waals surface area contributed by atoms with Crippen LogP contribution in [-0.4, -0.2) is 27.4 Å². The highest BCUT2D eigenvalue weighted by Gasteiger charge is 2.15. The number of amides is 2. The van der Waals surface area contributed by atoms with Crippen LogP contribution in [0.3, 0.4) is 0 Å². The van der Waals surface area contributed by atoms with E-state index in [9.17, 15) is 9.18 Å². The van der Waals surface area contributed by atoms with Crippen molar-refractivity contribution in [3.63, 3.8) is 0 Å². The van der Waals surface area contributed by atoms with E-state index in [1.807, 2.05) is 54.6 Å². The third-order valence-electron chi connectivity index (χ3n) is 4.64. The molecule has 0 bridgehead atoms. The fraction of sp³-hybridized carbons (Fsp3) is 0.130. The van der Waals surface area contributed by atoms with Crippen molar-refractivity contribution in [3.05, 3.63) is 96.1 Å². The number of imidazole rings is 1. The normalized spacial score (nSPS) is 10.8. The molecule has 0 atom stereocenters. The molecular weight excluding hydrogens is 367 g/mol. The first-order valence-electron chi connectivity index (χ1n) is 9.46. The number of anilines is 1. The number of aromatic nitrogens is 2. The van der Waals surface area contributed by atoms with Crippen LogP contribution in [0.5, 0.6) is 0 Å². The molecule has 0 fully saturated rings. The Morgan fingerprint density at radius 1 is 1.00 bits per heavy atom. The SMILES string of the molecule is O=C(Nc1cccc(F)c1)N(CCc1nc2ccccc2[nH]1)Cc1ccccc1. The number of hydrogen-bond donors (Lipinski definition) is 2. The quantitative estimate of drug-likeness (QED) is 0.489. The van der Waals surface area contributed by atoms with Crippen molar-refractivity contribution in [1.29, 1.82) is 0 Å². The number of H-pyrrole nitrogens is 1. The minimum absolute atomic E-state index is 0.282. The molecule has 0 saturated carbocycles. The number of hydrogen-bond acceptors (Lipinski definition) is 2. The van der Waals surface area contributed by atoms with Crippen LogP contribution in [-0.2, 0) is 13.0 Å². The van der Waals surface area contributed by atoms with E-state index in [-0.39, 0.29) is 11.8 Å². The van der Waals surface area contributed by atoms with E-state index in [4.69, 9.17) is 0 Å². The average molecular weight is 388 g/mol. The molecule has 4 rings (SSSR count). The number of fused-ring (bicyclic) bond motifs is 1. The molecule has 0 radical (unpaired) electrons. The van der Waals surface area contributed by atoms with Crippen LogP contribution in [0.4, 0.5) is 14.9 Å². The van der Waals surface area contributed by atoms with Crippen LogP contribution in [0, 0.1) is 5.82 Å². The first kappa shape index (κ1) is 18.7. The fourth-order valence-electron chi connectivity index (χ4n) is 3.19. The summed E-state index contributed by atoms with van der Waals surface area (Å²) >= 11 is 0. The minimum Gasteiger partial charge on any atom is -0.342 e. The van der Waals surface area contributed by atoms with Crippen LogP contribution in [0.2, 0.25) is 0 Å². The van der Waals surface area contributed by atoms with Crippen molar-refractivity contribution in [1.82, 2.24) is 14.9 Å². The third kappa shape index (κ3) is 4.79. The molecule has 29 heavy (non-hydrogen) atoms. The minimum atomic E-state index is -0.389. The second-order valence-corrected chi connectivity index (χ2v) is 6.80. The van der Waals surface area contributed by atoms with Crippen molar-refractivity contribution >= 4 is 22.8 Å². The summed E-state index contributed by atoms with van der Waals surface area (Å²) in [6, 6.07) is 23.2. The zero-order chi connectivity index (χ0) is 20.1. The van der Waals surface area contributed by atoms with E-state index in [0.717, 1.165) is 22.4 Å². The molecule has 4 aromatic rings. The molecule has 0 aliphatic heterocycles. The van der Waals surface area contributed by atoms with E-state index in [1.165, 1.54) is 12.1 Å². The van der Waals surface area contributed by atoms with Crippen molar-refractivity contribution in [2.45, 2.75) is 13.0 Å². The summed E-state index contributed by atoms with van der Waals surface area (Å²) in [5, 5.41) is 2.78.